The second-order valence-electron chi connectivity index (χ2n) is 6.21. The third-order valence-corrected chi connectivity index (χ3v) is 6.57. The van der Waals surface area contributed by atoms with Crippen molar-refractivity contribution >= 4 is 54.9 Å². The number of halogens is 1. The molecule has 0 aliphatic heterocycles. The van der Waals surface area contributed by atoms with Gasteiger partial charge in [0.05, 0.1) is 34.9 Å². The number of thiazole rings is 1. The van der Waals surface area contributed by atoms with Gasteiger partial charge in [-0.1, -0.05) is 22.9 Å². The van der Waals surface area contributed by atoms with Crippen molar-refractivity contribution in [3.63, 3.8) is 0 Å². The molecule has 0 fully saturated rings. The van der Waals surface area contributed by atoms with E-state index in [1.807, 2.05) is 0 Å². The minimum atomic E-state index is -3.43. The monoisotopic (exact) mass is 468 g/mol. The summed E-state index contributed by atoms with van der Waals surface area (Å²) in [5.74, 6) is -0.868. The van der Waals surface area contributed by atoms with Crippen LogP contribution in [0.1, 0.15) is 10.4 Å². The van der Waals surface area contributed by atoms with Gasteiger partial charge in [0.15, 0.2) is 14.6 Å². The molecule has 1 heterocycles. The van der Waals surface area contributed by atoms with Crippen LogP contribution in [-0.4, -0.2) is 45.3 Å². The molecular formula is C19H17ClN2O6S2. The standard InChI is InChI=1S/C19H17ClN2O6S2/c1-27-15-7-4-11(20)8-13(15)18(24)21-19-22(10-17(23)28-2)14-6-5-12(30(3,25)26)9-16(14)29-19/h4-9H,10H2,1-3H3. The van der Waals surface area contributed by atoms with Crippen LogP contribution in [0.5, 0.6) is 5.75 Å². The van der Waals surface area contributed by atoms with Crippen LogP contribution in [0.3, 0.4) is 0 Å². The highest BCUT2D eigenvalue weighted by Gasteiger charge is 2.17. The summed E-state index contributed by atoms with van der Waals surface area (Å²) >= 11 is 7.07. The molecule has 2 aromatic carbocycles. The third kappa shape index (κ3) is 4.55. The Morgan fingerprint density at radius 1 is 1.17 bits per heavy atom. The highest BCUT2D eigenvalue weighted by Crippen LogP contribution is 2.25. The number of aromatic nitrogens is 1. The summed E-state index contributed by atoms with van der Waals surface area (Å²) in [6.45, 7) is -0.201. The van der Waals surface area contributed by atoms with E-state index >= 15 is 0 Å². The highest BCUT2D eigenvalue weighted by atomic mass is 35.5. The fourth-order valence-corrected chi connectivity index (χ4v) is 4.67. The molecule has 8 nitrogen and oxygen atoms in total. The van der Waals surface area contributed by atoms with E-state index in [1.165, 1.54) is 37.0 Å². The number of carbonyl (C=O) groups excluding carboxylic acids is 2. The van der Waals surface area contributed by atoms with Gasteiger partial charge in [-0.2, -0.15) is 4.99 Å². The molecule has 30 heavy (non-hydrogen) atoms. The molecule has 1 amide bonds. The number of methoxy groups -OCH3 is 2. The van der Waals surface area contributed by atoms with Gasteiger partial charge >= 0.3 is 5.97 Å². The van der Waals surface area contributed by atoms with Crippen molar-refractivity contribution in [2.24, 2.45) is 4.99 Å². The number of nitrogens with zero attached hydrogens (tertiary/aromatic N) is 2. The largest absolute Gasteiger partial charge is 0.496 e. The minimum Gasteiger partial charge on any atom is -0.496 e. The van der Waals surface area contributed by atoms with Gasteiger partial charge in [0.25, 0.3) is 5.91 Å². The second-order valence-corrected chi connectivity index (χ2v) is 9.67. The molecule has 0 bridgehead atoms. The fourth-order valence-electron chi connectivity index (χ4n) is 2.71. The summed E-state index contributed by atoms with van der Waals surface area (Å²) in [6.07, 6.45) is 1.10. The van der Waals surface area contributed by atoms with Crippen molar-refractivity contribution < 1.29 is 27.5 Å². The molecule has 0 spiro atoms. The maximum Gasteiger partial charge on any atom is 0.325 e. The third-order valence-electron chi connectivity index (χ3n) is 4.19. The predicted molar refractivity (Wildman–Crippen MR) is 113 cm³/mol. The highest BCUT2D eigenvalue weighted by molar-refractivity contribution is 7.90. The zero-order valence-corrected chi connectivity index (χ0v) is 18.6. The zero-order valence-electron chi connectivity index (χ0n) is 16.2. The summed E-state index contributed by atoms with van der Waals surface area (Å²) in [7, 11) is -0.760. The Labute approximate surface area is 181 Å². The van der Waals surface area contributed by atoms with Crippen molar-refractivity contribution in [1.82, 2.24) is 4.57 Å². The summed E-state index contributed by atoms with van der Waals surface area (Å²) in [5, 5.41) is 0.339. The molecule has 0 unspecified atom stereocenters. The first kappa shape index (κ1) is 22.0. The minimum absolute atomic E-state index is 0.121. The number of hydrogen-bond donors (Lipinski definition) is 0. The molecule has 0 atom stereocenters. The van der Waals surface area contributed by atoms with Crippen molar-refractivity contribution in [3.8, 4) is 5.75 Å². The van der Waals surface area contributed by atoms with Crippen molar-refractivity contribution in [3.05, 3.63) is 51.8 Å². The number of benzene rings is 2. The fraction of sp³-hybridized carbons (Fsp3) is 0.211. The second kappa shape index (κ2) is 8.58. The topological polar surface area (TPSA) is 104 Å². The Kier molecular flexibility index (Phi) is 6.30. The first-order valence-electron chi connectivity index (χ1n) is 8.47. The van der Waals surface area contributed by atoms with Gasteiger partial charge in [-0.3, -0.25) is 9.59 Å². The molecule has 1 aromatic heterocycles. The van der Waals surface area contributed by atoms with Crippen LogP contribution >= 0.6 is 22.9 Å². The number of rotatable bonds is 5. The molecule has 0 radical (unpaired) electrons. The van der Waals surface area contributed by atoms with Crippen LogP contribution in [-0.2, 0) is 25.9 Å². The van der Waals surface area contributed by atoms with Crippen LogP contribution in [0.25, 0.3) is 10.2 Å². The van der Waals surface area contributed by atoms with Gasteiger partial charge in [0, 0.05) is 11.3 Å². The molecule has 0 N–H and O–H groups in total. The van der Waals surface area contributed by atoms with Crippen LogP contribution in [0, 0.1) is 0 Å². The molecule has 3 aromatic rings. The lowest BCUT2D eigenvalue weighted by molar-refractivity contribution is -0.141. The Morgan fingerprint density at radius 2 is 1.90 bits per heavy atom. The van der Waals surface area contributed by atoms with E-state index in [0.29, 0.717) is 21.0 Å². The Morgan fingerprint density at radius 3 is 2.53 bits per heavy atom. The molecule has 0 saturated carbocycles. The molecule has 0 aliphatic carbocycles. The summed E-state index contributed by atoms with van der Waals surface area (Å²) in [4.78, 5) is 29.2. The lowest BCUT2D eigenvalue weighted by atomic mass is 10.2. The van der Waals surface area contributed by atoms with E-state index in [2.05, 4.69) is 4.99 Å². The lowest BCUT2D eigenvalue weighted by Gasteiger charge is -2.06. The van der Waals surface area contributed by atoms with Crippen LogP contribution in [0.4, 0.5) is 0 Å². The van der Waals surface area contributed by atoms with E-state index in [1.54, 1.807) is 18.2 Å². The van der Waals surface area contributed by atoms with E-state index in [9.17, 15) is 18.0 Å². The maximum absolute atomic E-state index is 12.8. The van der Waals surface area contributed by atoms with Gasteiger partial charge in [0.1, 0.15) is 12.3 Å². The maximum atomic E-state index is 12.8. The molecular weight excluding hydrogens is 452 g/mol. The van der Waals surface area contributed by atoms with Crippen LogP contribution in [0.2, 0.25) is 5.02 Å². The average molecular weight is 469 g/mol. The van der Waals surface area contributed by atoms with Crippen LogP contribution in [0.15, 0.2) is 46.3 Å². The van der Waals surface area contributed by atoms with E-state index in [0.717, 1.165) is 17.6 Å². The van der Waals surface area contributed by atoms with Gasteiger partial charge in [-0.25, -0.2) is 8.42 Å². The number of carbonyl (C=O) groups is 2. The number of hydrogen-bond acceptors (Lipinski definition) is 7. The predicted octanol–water partition coefficient (Wildman–Crippen LogP) is 2.68. The summed E-state index contributed by atoms with van der Waals surface area (Å²) in [5.41, 5.74) is 0.700. The number of sulfone groups is 1. The first-order valence-corrected chi connectivity index (χ1v) is 11.6. The molecule has 3 rings (SSSR count). The van der Waals surface area contributed by atoms with Crippen LogP contribution < -0.4 is 9.54 Å². The quantitative estimate of drug-likeness (QED) is 0.533. The van der Waals surface area contributed by atoms with Crippen molar-refractivity contribution in [2.75, 3.05) is 20.5 Å². The normalized spacial score (nSPS) is 12.2. The number of ether oxygens (including phenoxy) is 2. The van der Waals surface area contributed by atoms with Crippen molar-refractivity contribution in [2.45, 2.75) is 11.4 Å². The average Bonchev–Trinajstić information content (AvgIpc) is 3.03. The molecule has 0 saturated heterocycles. The molecule has 0 aliphatic rings. The smallest absolute Gasteiger partial charge is 0.325 e. The molecule has 158 valence electrons. The van der Waals surface area contributed by atoms with Gasteiger partial charge < -0.3 is 14.0 Å². The number of fused-ring (bicyclic) bond motifs is 1. The van der Waals surface area contributed by atoms with Gasteiger partial charge in [-0.05, 0) is 36.4 Å². The van der Waals surface area contributed by atoms with E-state index < -0.39 is 21.7 Å². The Balaban J connectivity index is 2.22. The zero-order chi connectivity index (χ0) is 22.1. The SMILES string of the molecule is COC(=O)Cn1c(=NC(=O)c2cc(Cl)ccc2OC)sc2cc(S(C)(=O)=O)ccc21. The van der Waals surface area contributed by atoms with Gasteiger partial charge in [0.2, 0.25) is 0 Å². The van der Waals surface area contributed by atoms with Crippen molar-refractivity contribution in [1.29, 1.82) is 0 Å². The van der Waals surface area contributed by atoms with E-state index in [4.69, 9.17) is 21.1 Å². The summed E-state index contributed by atoms with van der Waals surface area (Å²) in [6, 6.07) is 9.05. The Hall–Kier alpha value is -2.69. The number of amides is 1. The molecule has 11 heteroatoms. The Bertz CT molecular complexity index is 1320. The summed E-state index contributed by atoms with van der Waals surface area (Å²) < 4.78 is 35.7. The van der Waals surface area contributed by atoms with Gasteiger partial charge in [-0.15, -0.1) is 0 Å². The van der Waals surface area contributed by atoms with E-state index in [-0.39, 0.29) is 21.8 Å². The number of esters is 1. The lowest BCUT2D eigenvalue weighted by Crippen LogP contribution is -2.22. The first-order chi connectivity index (χ1) is 14.1.